The molecule has 31 heavy (non-hydrogen) atoms. The molecular weight excluding hydrogens is 392 g/mol. The van der Waals surface area contributed by atoms with Crippen molar-refractivity contribution in [3.05, 3.63) is 83.6 Å². The van der Waals surface area contributed by atoms with E-state index >= 15 is 0 Å². The Balaban J connectivity index is 1.63. The van der Waals surface area contributed by atoms with Crippen LogP contribution in [0.5, 0.6) is 0 Å². The lowest BCUT2D eigenvalue weighted by molar-refractivity contribution is 0.0409. The summed E-state index contributed by atoms with van der Waals surface area (Å²) in [5, 5.41) is 18.0. The third kappa shape index (κ3) is 3.11. The van der Waals surface area contributed by atoms with Gasteiger partial charge in [-0.2, -0.15) is 5.26 Å². The second kappa shape index (κ2) is 7.43. The van der Waals surface area contributed by atoms with Gasteiger partial charge < -0.3 is 9.25 Å². The highest BCUT2D eigenvalue weighted by Gasteiger charge is 2.22. The fraction of sp³-hybridized carbons (Fsp3) is 0.0833. The standard InChI is InChI=1S/C24H16N4O3/c1-2-21-23(18-13-15(14-25)11-12-22(18)30-21)16-7-3-4-8-17(16)24(29)31-28-20-10-6-5-9-19(20)26-27-28/h3-13H,2H2,1H3. The van der Waals surface area contributed by atoms with Crippen molar-refractivity contribution in [3.63, 3.8) is 0 Å². The normalized spacial score (nSPS) is 11.0. The third-order valence-electron chi connectivity index (χ3n) is 5.12. The minimum atomic E-state index is -0.570. The van der Waals surface area contributed by atoms with Crippen LogP contribution < -0.4 is 4.84 Å². The molecule has 3 aromatic carbocycles. The van der Waals surface area contributed by atoms with E-state index in [9.17, 15) is 10.1 Å². The lowest BCUT2D eigenvalue weighted by atomic mass is 9.95. The molecule has 0 radical (unpaired) electrons. The Bertz CT molecular complexity index is 1490. The number of furan rings is 1. The lowest BCUT2D eigenvalue weighted by Crippen LogP contribution is -2.21. The van der Waals surface area contributed by atoms with Crippen molar-refractivity contribution in [3.8, 4) is 17.2 Å². The van der Waals surface area contributed by atoms with E-state index in [1.165, 1.54) is 0 Å². The van der Waals surface area contributed by atoms with Crippen LogP contribution in [0.3, 0.4) is 0 Å². The largest absolute Gasteiger partial charge is 0.460 e. The molecule has 7 nitrogen and oxygen atoms in total. The highest BCUT2D eigenvalue weighted by Crippen LogP contribution is 2.37. The van der Waals surface area contributed by atoms with Gasteiger partial charge in [-0.25, -0.2) is 4.79 Å². The Morgan fingerprint density at radius 1 is 1.13 bits per heavy atom. The van der Waals surface area contributed by atoms with Gasteiger partial charge in [0.25, 0.3) is 0 Å². The second-order valence-corrected chi connectivity index (χ2v) is 6.95. The monoisotopic (exact) mass is 408 g/mol. The van der Waals surface area contributed by atoms with Crippen LogP contribution in [0.1, 0.15) is 28.6 Å². The van der Waals surface area contributed by atoms with Crippen molar-refractivity contribution in [2.45, 2.75) is 13.3 Å². The zero-order chi connectivity index (χ0) is 21.4. The summed E-state index contributed by atoms with van der Waals surface area (Å²) in [5.74, 6) is 0.163. The number of hydrogen-bond donors (Lipinski definition) is 0. The quantitative estimate of drug-likeness (QED) is 0.405. The van der Waals surface area contributed by atoms with E-state index in [0.717, 1.165) is 21.6 Å². The summed E-state index contributed by atoms with van der Waals surface area (Å²) < 4.78 is 6.01. The summed E-state index contributed by atoms with van der Waals surface area (Å²) in [5.41, 5.74) is 4.22. The molecule has 5 aromatic rings. The van der Waals surface area contributed by atoms with E-state index < -0.39 is 5.97 Å². The van der Waals surface area contributed by atoms with Gasteiger partial charge in [0, 0.05) is 22.9 Å². The molecule has 150 valence electrons. The summed E-state index contributed by atoms with van der Waals surface area (Å²) in [6, 6.07) is 21.8. The van der Waals surface area contributed by atoms with Gasteiger partial charge in [-0.3, -0.25) is 0 Å². The van der Waals surface area contributed by atoms with Gasteiger partial charge in [-0.15, -0.1) is 5.10 Å². The van der Waals surface area contributed by atoms with E-state index in [2.05, 4.69) is 16.4 Å². The molecule has 0 saturated heterocycles. The topological polar surface area (TPSA) is 93.9 Å². The Labute approximate surface area is 177 Å². The van der Waals surface area contributed by atoms with Gasteiger partial charge in [-0.05, 0) is 41.6 Å². The molecule has 0 N–H and O–H groups in total. The fourth-order valence-corrected chi connectivity index (χ4v) is 3.68. The summed E-state index contributed by atoms with van der Waals surface area (Å²) in [4.78, 5) is 19.8. The van der Waals surface area contributed by atoms with Crippen LogP contribution in [-0.4, -0.2) is 21.1 Å². The van der Waals surface area contributed by atoms with Gasteiger partial charge in [0.15, 0.2) is 0 Å². The first kappa shape index (κ1) is 18.6. The Morgan fingerprint density at radius 3 is 2.77 bits per heavy atom. The van der Waals surface area contributed by atoms with Crippen molar-refractivity contribution in [1.82, 2.24) is 15.2 Å². The molecule has 0 unspecified atom stereocenters. The van der Waals surface area contributed by atoms with Crippen LogP contribution in [0.15, 0.2) is 71.1 Å². The van der Waals surface area contributed by atoms with E-state index in [0.29, 0.717) is 39.7 Å². The van der Waals surface area contributed by atoms with Crippen LogP contribution in [-0.2, 0) is 6.42 Å². The molecule has 0 saturated carbocycles. The Kier molecular flexibility index (Phi) is 4.45. The second-order valence-electron chi connectivity index (χ2n) is 6.95. The number of nitrogens with zero attached hydrogens (tertiary/aromatic N) is 4. The average Bonchev–Trinajstić information content (AvgIpc) is 3.39. The fourth-order valence-electron chi connectivity index (χ4n) is 3.68. The van der Waals surface area contributed by atoms with Crippen LogP contribution >= 0.6 is 0 Å². The van der Waals surface area contributed by atoms with Crippen molar-refractivity contribution in [2.24, 2.45) is 0 Å². The maximum absolute atomic E-state index is 13.1. The molecular formula is C24H16N4O3. The molecule has 0 aliphatic heterocycles. The van der Waals surface area contributed by atoms with Gasteiger partial charge >= 0.3 is 5.97 Å². The molecule has 7 heteroatoms. The zero-order valence-electron chi connectivity index (χ0n) is 16.6. The number of aromatic nitrogens is 3. The van der Waals surface area contributed by atoms with Gasteiger partial charge in [0.05, 0.1) is 17.2 Å². The minimum Gasteiger partial charge on any atom is -0.460 e. The van der Waals surface area contributed by atoms with E-state index in [1.807, 2.05) is 31.2 Å². The molecule has 0 spiro atoms. The molecule has 0 fully saturated rings. The number of aryl methyl sites for hydroxylation is 1. The van der Waals surface area contributed by atoms with Crippen LogP contribution in [0, 0.1) is 11.3 Å². The number of hydrogen-bond acceptors (Lipinski definition) is 6. The molecule has 5 rings (SSSR count). The maximum Gasteiger partial charge on any atom is 0.366 e. The number of para-hydroxylation sites is 1. The average molecular weight is 408 g/mol. The first-order chi connectivity index (χ1) is 15.2. The SMILES string of the molecule is CCc1oc2ccc(C#N)cc2c1-c1ccccc1C(=O)On1nnc2ccccc21. The predicted octanol–water partition coefficient (Wildman–Crippen LogP) is 4.55. The van der Waals surface area contributed by atoms with E-state index in [4.69, 9.17) is 9.25 Å². The molecule has 0 amide bonds. The first-order valence-electron chi connectivity index (χ1n) is 9.77. The number of rotatable bonds is 4. The molecule has 0 aliphatic rings. The van der Waals surface area contributed by atoms with Gasteiger partial charge in [0.2, 0.25) is 0 Å². The minimum absolute atomic E-state index is 0.363. The molecule has 2 heterocycles. The van der Waals surface area contributed by atoms with Crippen molar-refractivity contribution in [2.75, 3.05) is 0 Å². The number of benzene rings is 3. The van der Waals surface area contributed by atoms with E-state index in [-0.39, 0.29) is 0 Å². The zero-order valence-corrected chi connectivity index (χ0v) is 16.6. The summed E-state index contributed by atoms with van der Waals surface area (Å²) in [6.45, 7) is 1.98. The highest BCUT2D eigenvalue weighted by atomic mass is 16.7. The third-order valence-corrected chi connectivity index (χ3v) is 5.12. The van der Waals surface area contributed by atoms with E-state index in [1.54, 1.807) is 42.5 Å². The molecule has 2 aromatic heterocycles. The van der Waals surface area contributed by atoms with Gasteiger partial charge in [0.1, 0.15) is 22.4 Å². The first-order valence-corrected chi connectivity index (χ1v) is 9.77. The summed E-state index contributed by atoms with van der Waals surface area (Å²) >= 11 is 0. The van der Waals surface area contributed by atoms with Crippen molar-refractivity contribution < 1.29 is 14.0 Å². The molecule has 0 aliphatic carbocycles. The van der Waals surface area contributed by atoms with Crippen LogP contribution in [0.2, 0.25) is 0 Å². The Hall–Kier alpha value is -4.44. The highest BCUT2D eigenvalue weighted by molar-refractivity contribution is 6.04. The van der Waals surface area contributed by atoms with Crippen molar-refractivity contribution >= 4 is 28.0 Å². The van der Waals surface area contributed by atoms with Crippen LogP contribution in [0.25, 0.3) is 33.1 Å². The number of fused-ring (bicyclic) bond motifs is 2. The van der Waals surface area contributed by atoms with Crippen LogP contribution in [0.4, 0.5) is 0 Å². The maximum atomic E-state index is 13.1. The number of carbonyl (C=O) groups is 1. The smallest absolute Gasteiger partial charge is 0.366 e. The number of nitriles is 1. The Morgan fingerprint density at radius 2 is 1.94 bits per heavy atom. The summed E-state index contributed by atoms with van der Waals surface area (Å²) in [7, 11) is 0. The molecule has 0 atom stereocenters. The predicted molar refractivity (Wildman–Crippen MR) is 114 cm³/mol. The van der Waals surface area contributed by atoms with Gasteiger partial charge in [-0.1, -0.05) is 42.1 Å². The molecule has 0 bridgehead atoms. The number of carbonyl (C=O) groups excluding carboxylic acids is 1. The summed E-state index contributed by atoms with van der Waals surface area (Å²) in [6.07, 6.45) is 0.628. The van der Waals surface area contributed by atoms with Crippen molar-refractivity contribution in [1.29, 1.82) is 5.26 Å². The lowest BCUT2D eigenvalue weighted by Gasteiger charge is -2.09.